The predicted molar refractivity (Wildman–Crippen MR) is 90.6 cm³/mol. The Morgan fingerprint density at radius 2 is 2.04 bits per heavy atom. The summed E-state index contributed by atoms with van der Waals surface area (Å²) in [6, 6.07) is 4.13. The Kier molecular flexibility index (Phi) is 4.94. The second kappa shape index (κ2) is 7.16. The number of fused-ring (bicyclic) bond motifs is 1. The van der Waals surface area contributed by atoms with E-state index < -0.39 is 11.7 Å². The number of anilines is 2. The van der Waals surface area contributed by atoms with Gasteiger partial charge in [-0.15, -0.1) is 0 Å². The molecule has 10 heteroatoms. The molecule has 0 atom stereocenters. The Morgan fingerprint density at radius 1 is 1.23 bits per heavy atom. The fourth-order valence-corrected chi connectivity index (χ4v) is 2.51. The maximum Gasteiger partial charge on any atom is 0.417 e. The summed E-state index contributed by atoms with van der Waals surface area (Å²) in [7, 11) is 1.59. The highest BCUT2D eigenvalue weighted by Crippen LogP contribution is 2.29. The second-order valence-corrected chi connectivity index (χ2v) is 5.56. The van der Waals surface area contributed by atoms with E-state index in [0.29, 0.717) is 35.7 Å². The predicted octanol–water partition coefficient (Wildman–Crippen LogP) is 2.53. The minimum absolute atomic E-state index is 0.128. The summed E-state index contributed by atoms with van der Waals surface area (Å²) >= 11 is 0. The van der Waals surface area contributed by atoms with E-state index in [4.69, 9.17) is 10.5 Å². The topological polar surface area (TPSA) is 90.9 Å². The van der Waals surface area contributed by atoms with Crippen molar-refractivity contribution >= 4 is 22.8 Å². The van der Waals surface area contributed by atoms with Crippen LogP contribution < -0.4 is 11.1 Å². The van der Waals surface area contributed by atoms with Gasteiger partial charge in [0.2, 0.25) is 5.95 Å². The van der Waals surface area contributed by atoms with Crippen LogP contribution in [0.5, 0.6) is 0 Å². The van der Waals surface area contributed by atoms with Crippen LogP contribution in [0.25, 0.3) is 11.0 Å². The molecule has 0 spiro atoms. The minimum atomic E-state index is -4.41. The Balaban J connectivity index is 1.90. The molecule has 0 unspecified atom stereocenters. The summed E-state index contributed by atoms with van der Waals surface area (Å²) in [6.45, 7) is 1.27. The van der Waals surface area contributed by atoms with E-state index in [1.165, 1.54) is 6.07 Å². The van der Waals surface area contributed by atoms with Crippen molar-refractivity contribution in [3.8, 4) is 0 Å². The fourth-order valence-electron chi connectivity index (χ4n) is 2.51. The number of pyridine rings is 1. The third kappa shape index (κ3) is 3.85. The van der Waals surface area contributed by atoms with Crippen LogP contribution in [0.3, 0.4) is 0 Å². The summed E-state index contributed by atoms with van der Waals surface area (Å²) in [5.41, 5.74) is 6.75. The van der Waals surface area contributed by atoms with E-state index >= 15 is 0 Å². The molecule has 7 nitrogen and oxygen atoms in total. The Labute approximate surface area is 147 Å². The fraction of sp³-hybridized carbons (Fsp3) is 0.312. The largest absolute Gasteiger partial charge is 0.417 e. The highest BCUT2D eigenvalue weighted by molar-refractivity contribution is 5.87. The lowest BCUT2D eigenvalue weighted by atomic mass is 10.2. The molecule has 0 saturated carbocycles. The van der Waals surface area contributed by atoms with Crippen LogP contribution in [0.4, 0.5) is 24.9 Å². The van der Waals surface area contributed by atoms with Crippen LogP contribution in [-0.4, -0.2) is 39.8 Å². The molecule has 3 N–H and O–H groups in total. The van der Waals surface area contributed by atoms with Crippen LogP contribution >= 0.6 is 0 Å². The molecule has 0 aliphatic rings. The number of rotatable bonds is 6. The van der Waals surface area contributed by atoms with Crippen molar-refractivity contribution in [3.05, 3.63) is 41.9 Å². The van der Waals surface area contributed by atoms with Gasteiger partial charge in [-0.1, -0.05) is 0 Å². The number of hydrogen-bond donors (Lipinski definition) is 2. The zero-order chi connectivity index (χ0) is 18.7. The lowest BCUT2D eigenvalue weighted by Gasteiger charge is -2.11. The van der Waals surface area contributed by atoms with Gasteiger partial charge in [0.1, 0.15) is 5.52 Å². The number of nitrogens with two attached hydrogens (primary N) is 1. The summed E-state index contributed by atoms with van der Waals surface area (Å²) in [4.78, 5) is 12.3. The number of aromatic nitrogens is 4. The number of halogens is 3. The standard InChI is InChI=1S/C16H17F3N6O/c1-26-7-5-21-14-13-12(23-15(20)24-14)4-6-25(13)9-11-3-2-10(8-22-11)16(17,18)19/h2-4,6,8H,5,7,9H2,1H3,(H3,20,21,23,24). The van der Waals surface area contributed by atoms with Gasteiger partial charge in [-0.25, -0.2) is 4.98 Å². The molecule has 0 fully saturated rings. The number of methoxy groups -OCH3 is 1. The average Bonchev–Trinajstić information content (AvgIpc) is 2.97. The van der Waals surface area contributed by atoms with Crippen molar-refractivity contribution in [1.29, 1.82) is 0 Å². The van der Waals surface area contributed by atoms with Crippen LogP contribution in [-0.2, 0) is 17.5 Å². The van der Waals surface area contributed by atoms with Crippen LogP contribution in [0.1, 0.15) is 11.3 Å². The lowest BCUT2D eigenvalue weighted by Crippen LogP contribution is -2.12. The molecule has 0 saturated heterocycles. The first kappa shape index (κ1) is 17.9. The van der Waals surface area contributed by atoms with Gasteiger partial charge >= 0.3 is 6.18 Å². The number of ether oxygens (including phenoxy) is 1. The normalized spacial score (nSPS) is 11.8. The van der Waals surface area contributed by atoms with Crippen molar-refractivity contribution in [2.45, 2.75) is 12.7 Å². The van der Waals surface area contributed by atoms with Crippen molar-refractivity contribution in [2.24, 2.45) is 0 Å². The maximum atomic E-state index is 12.7. The van der Waals surface area contributed by atoms with E-state index in [1.807, 2.05) is 0 Å². The highest BCUT2D eigenvalue weighted by atomic mass is 19.4. The van der Waals surface area contributed by atoms with Gasteiger partial charge in [0.15, 0.2) is 5.82 Å². The Morgan fingerprint density at radius 3 is 2.69 bits per heavy atom. The molecule has 0 bridgehead atoms. The molecule has 3 aromatic heterocycles. The molecule has 3 rings (SSSR count). The highest BCUT2D eigenvalue weighted by Gasteiger charge is 2.30. The Bertz CT molecular complexity index is 891. The molecular weight excluding hydrogens is 349 g/mol. The average molecular weight is 366 g/mol. The van der Waals surface area contributed by atoms with Crippen molar-refractivity contribution in [3.63, 3.8) is 0 Å². The van der Waals surface area contributed by atoms with Gasteiger partial charge in [-0.2, -0.15) is 18.2 Å². The van der Waals surface area contributed by atoms with Crippen LogP contribution in [0.2, 0.25) is 0 Å². The van der Waals surface area contributed by atoms with Crippen molar-refractivity contribution in [1.82, 2.24) is 19.5 Å². The van der Waals surface area contributed by atoms with E-state index in [9.17, 15) is 13.2 Å². The first-order valence-electron chi connectivity index (χ1n) is 7.76. The zero-order valence-corrected chi connectivity index (χ0v) is 13.9. The summed E-state index contributed by atoms with van der Waals surface area (Å²) in [5, 5.41) is 3.12. The van der Waals surface area contributed by atoms with E-state index in [1.54, 1.807) is 23.9 Å². The van der Waals surface area contributed by atoms with Gasteiger partial charge in [0.05, 0.1) is 29.9 Å². The maximum absolute atomic E-state index is 12.7. The third-order valence-corrected chi connectivity index (χ3v) is 3.71. The zero-order valence-electron chi connectivity index (χ0n) is 13.9. The molecule has 0 radical (unpaired) electrons. The number of nitrogens with one attached hydrogen (secondary N) is 1. The SMILES string of the molecule is COCCNc1nc(N)nc2ccn(Cc3ccc(C(F)(F)F)cn3)c12. The number of hydrogen-bond acceptors (Lipinski definition) is 6. The first-order valence-corrected chi connectivity index (χ1v) is 7.76. The number of nitrogen functional groups attached to an aromatic ring is 1. The number of nitrogens with zero attached hydrogens (tertiary/aromatic N) is 4. The third-order valence-electron chi connectivity index (χ3n) is 3.71. The molecule has 0 aliphatic carbocycles. The molecule has 3 heterocycles. The van der Waals surface area contributed by atoms with E-state index in [0.717, 1.165) is 12.3 Å². The quantitative estimate of drug-likeness (QED) is 0.652. The van der Waals surface area contributed by atoms with Crippen molar-refractivity contribution in [2.75, 3.05) is 31.3 Å². The van der Waals surface area contributed by atoms with E-state index in [-0.39, 0.29) is 12.5 Å². The van der Waals surface area contributed by atoms with Gasteiger partial charge in [-0.05, 0) is 18.2 Å². The molecular formula is C16H17F3N6O. The second-order valence-electron chi connectivity index (χ2n) is 5.56. The molecule has 3 aromatic rings. The first-order chi connectivity index (χ1) is 12.4. The monoisotopic (exact) mass is 366 g/mol. The molecule has 26 heavy (non-hydrogen) atoms. The summed E-state index contributed by atoms with van der Waals surface area (Å²) in [5.74, 6) is 0.657. The molecule has 138 valence electrons. The van der Waals surface area contributed by atoms with Crippen LogP contribution in [0.15, 0.2) is 30.6 Å². The van der Waals surface area contributed by atoms with E-state index in [2.05, 4.69) is 20.3 Å². The van der Waals surface area contributed by atoms with Crippen molar-refractivity contribution < 1.29 is 17.9 Å². The lowest BCUT2D eigenvalue weighted by molar-refractivity contribution is -0.137. The van der Waals surface area contributed by atoms with Gasteiger partial charge < -0.3 is 20.4 Å². The van der Waals surface area contributed by atoms with Gasteiger partial charge in [-0.3, -0.25) is 4.98 Å². The number of alkyl halides is 3. The molecule has 0 amide bonds. The molecule has 0 aromatic carbocycles. The smallest absolute Gasteiger partial charge is 0.383 e. The van der Waals surface area contributed by atoms with Gasteiger partial charge in [0, 0.05) is 26.0 Å². The van der Waals surface area contributed by atoms with Crippen LogP contribution in [0, 0.1) is 0 Å². The summed E-state index contributed by atoms with van der Waals surface area (Å²) in [6.07, 6.45) is -1.82. The Hall–Kier alpha value is -2.88. The molecule has 0 aliphatic heterocycles. The van der Waals surface area contributed by atoms with Gasteiger partial charge in [0.25, 0.3) is 0 Å². The minimum Gasteiger partial charge on any atom is -0.383 e. The summed E-state index contributed by atoms with van der Waals surface area (Å²) < 4.78 is 44.8.